The number of nitrogens with zero attached hydrogens (tertiary/aromatic N) is 2. The van der Waals surface area contributed by atoms with Crippen molar-refractivity contribution in [1.82, 2.24) is 31.2 Å². The van der Waals surface area contributed by atoms with Crippen LogP contribution in [0.25, 0.3) is 0 Å². The van der Waals surface area contributed by atoms with Crippen molar-refractivity contribution in [3.05, 3.63) is 54.1 Å². The first-order chi connectivity index (χ1) is 17.8. The number of hydrogen-bond acceptors (Lipinski definition) is 7. The molecule has 0 fully saturated rings. The fourth-order valence-corrected chi connectivity index (χ4v) is 3.72. The molecule has 0 spiro atoms. The highest BCUT2D eigenvalue weighted by Gasteiger charge is 2.25. The quantitative estimate of drug-likeness (QED) is 0.463. The predicted octanol–water partition coefficient (Wildman–Crippen LogP) is 0.754. The normalized spacial score (nSPS) is 19.6. The number of para-hydroxylation sites is 1. The topological polar surface area (TPSA) is 151 Å². The molecular weight excluding hydrogens is 476 g/mol. The van der Waals surface area contributed by atoms with E-state index in [1.54, 1.807) is 42.9 Å². The minimum absolute atomic E-state index is 0.00306. The zero-order valence-corrected chi connectivity index (χ0v) is 21.2. The van der Waals surface area contributed by atoms with Crippen LogP contribution in [0.3, 0.4) is 0 Å². The van der Waals surface area contributed by atoms with Crippen LogP contribution in [0.2, 0.25) is 0 Å². The fraction of sp³-hybridized carbons (Fsp3) is 0.462. The number of benzene rings is 1. The largest absolute Gasteiger partial charge is 0.491 e. The van der Waals surface area contributed by atoms with Gasteiger partial charge in [0, 0.05) is 50.9 Å². The third-order valence-electron chi connectivity index (χ3n) is 5.95. The highest BCUT2D eigenvalue weighted by Crippen LogP contribution is 2.19. The van der Waals surface area contributed by atoms with Gasteiger partial charge in [0.25, 0.3) is 5.91 Å². The highest BCUT2D eigenvalue weighted by atomic mass is 16.5. The third kappa shape index (κ3) is 8.85. The molecule has 0 aliphatic carbocycles. The van der Waals surface area contributed by atoms with Crippen LogP contribution in [0.15, 0.2) is 42.9 Å². The van der Waals surface area contributed by atoms with Crippen LogP contribution in [0.1, 0.15) is 49.2 Å². The molecule has 1 aliphatic heterocycles. The second kappa shape index (κ2) is 13.9. The van der Waals surface area contributed by atoms with E-state index in [9.17, 15) is 19.2 Å². The van der Waals surface area contributed by atoms with E-state index >= 15 is 0 Å². The van der Waals surface area contributed by atoms with Gasteiger partial charge in [0.05, 0.1) is 17.3 Å². The third-order valence-corrected chi connectivity index (χ3v) is 5.95. The maximum atomic E-state index is 13.2. The highest BCUT2D eigenvalue weighted by molar-refractivity contribution is 5.99. The summed E-state index contributed by atoms with van der Waals surface area (Å²) in [4.78, 5) is 59.1. The average molecular weight is 511 g/mol. The van der Waals surface area contributed by atoms with Crippen molar-refractivity contribution in [2.24, 2.45) is 5.92 Å². The Kier molecular flexibility index (Phi) is 10.4. The van der Waals surface area contributed by atoms with Gasteiger partial charge in [0.15, 0.2) is 0 Å². The van der Waals surface area contributed by atoms with E-state index in [0.717, 1.165) is 5.69 Å². The molecule has 0 saturated heterocycles. The lowest BCUT2D eigenvalue weighted by Gasteiger charge is -2.24. The molecule has 2 aromatic rings. The molecule has 11 heteroatoms. The van der Waals surface area contributed by atoms with E-state index < -0.39 is 17.9 Å². The zero-order valence-electron chi connectivity index (χ0n) is 21.2. The monoisotopic (exact) mass is 510 g/mol. The van der Waals surface area contributed by atoms with Crippen LogP contribution >= 0.6 is 0 Å². The molecule has 1 aromatic heterocycles. The molecule has 0 unspecified atom stereocenters. The fourth-order valence-electron chi connectivity index (χ4n) is 3.72. The van der Waals surface area contributed by atoms with Crippen molar-refractivity contribution >= 4 is 23.6 Å². The molecule has 4 N–H and O–H groups in total. The van der Waals surface area contributed by atoms with Crippen LogP contribution in [0.5, 0.6) is 5.75 Å². The summed E-state index contributed by atoms with van der Waals surface area (Å²) in [6.45, 7) is 4.54. The van der Waals surface area contributed by atoms with Crippen molar-refractivity contribution in [3.8, 4) is 5.75 Å². The summed E-state index contributed by atoms with van der Waals surface area (Å²) >= 11 is 0. The predicted molar refractivity (Wildman–Crippen MR) is 136 cm³/mol. The number of aromatic nitrogens is 2. The first-order valence-electron chi connectivity index (χ1n) is 12.4. The summed E-state index contributed by atoms with van der Waals surface area (Å²) in [5, 5.41) is 11.2. The van der Waals surface area contributed by atoms with Gasteiger partial charge in [-0.3, -0.25) is 29.1 Å². The molecule has 1 aromatic carbocycles. The maximum absolute atomic E-state index is 13.2. The molecule has 0 radical (unpaired) electrons. The van der Waals surface area contributed by atoms with Crippen molar-refractivity contribution in [1.29, 1.82) is 0 Å². The number of hydrogen-bond donors (Lipinski definition) is 4. The molecule has 4 amide bonds. The molecule has 1 aliphatic rings. The van der Waals surface area contributed by atoms with Gasteiger partial charge in [-0.05, 0) is 24.5 Å². The Labute approximate surface area is 216 Å². The number of carbonyl (C=O) groups excluding carboxylic acids is 4. The SMILES string of the molecule is CC(C)[C@@H]1COc2ccccc2C(=O)N[C@H](C(=O)NCCc2cnccn2)CCC(=O)NCCC(=O)N1. The molecule has 0 saturated carbocycles. The second-order valence-electron chi connectivity index (χ2n) is 9.13. The maximum Gasteiger partial charge on any atom is 0.255 e. The summed E-state index contributed by atoms with van der Waals surface area (Å²) in [6.07, 6.45) is 5.43. The molecule has 2 heterocycles. The van der Waals surface area contributed by atoms with E-state index in [1.807, 2.05) is 13.8 Å². The van der Waals surface area contributed by atoms with E-state index in [-0.39, 0.29) is 61.8 Å². The number of fused-ring (bicyclic) bond motifs is 1. The summed E-state index contributed by atoms with van der Waals surface area (Å²) in [5.41, 5.74) is 0.976. The lowest BCUT2D eigenvalue weighted by atomic mass is 10.0. The summed E-state index contributed by atoms with van der Waals surface area (Å²) in [6, 6.07) is 5.47. The van der Waals surface area contributed by atoms with E-state index in [0.29, 0.717) is 18.7 Å². The summed E-state index contributed by atoms with van der Waals surface area (Å²) < 4.78 is 5.95. The molecule has 11 nitrogen and oxygen atoms in total. The lowest BCUT2D eigenvalue weighted by Crippen LogP contribution is -2.48. The minimum atomic E-state index is -0.951. The van der Waals surface area contributed by atoms with Gasteiger partial charge in [0.1, 0.15) is 18.4 Å². The average Bonchev–Trinajstić information content (AvgIpc) is 2.88. The first-order valence-corrected chi connectivity index (χ1v) is 12.4. The molecule has 3 rings (SSSR count). The van der Waals surface area contributed by atoms with Crippen LogP contribution in [0.4, 0.5) is 0 Å². The van der Waals surface area contributed by atoms with Crippen molar-refractivity contribution in [3.63, 3.8) is 0 Å². The molecule has 198 valence electrons. The van der Waals surface area contributed by atoms with Gasteiger partial charge in [-0.25, -0.2) is 0 Å². The number of carbonyl (C=O) groups is 4. The molecule has 0 bridgehead atoms. The van der Waals surface area contributed by atoms with Crippen LogP contribution in [0, 0.1) is 5.92 Å². The Hall–Kier alpha value is -4.02. The summed E-state index contributed by atoms with van der Waals surface area (Å²) in [7, 11) is 0. The van der Waals surface area contributed by atoms with Gasteiger partial charge in [-0.2, -0.15) is 0 Å². The van der Waals surface area contributed by atoms with E-state index in [4.69, 9.17) is 4.74 Å². The number of amides is 4. The lowest BCUT2D eigenvalue weighted by molar-refractivity contribution is -0.124. The zero-order chi connectivity index (χ0) is 26.6. The van der Waals surface area contributed by atoms with Crippen LogP contribution in [-0.4, -0.2) is 65.4 Å². The van der Waals surface area contributed by atoms with Gasteiger partial charge in [-0.1, -0.05) is 26.0 Å². The standard InChI is InChI=1S/C26H34N6O5/c1-17(2)21-16-37-22-6-4-3-5-19(22)25(35)32-20(7-8-23(33)29-12-10-24(34)31-21)26(36)30-11-9-18-15-27-13-14-28-18/h3-6,13-15,17,20-21H,7-12,16H2,1-2H3,(H,29,33)(H,30,36)(H,31,34)(H,32,35)/t20-,21-/m0/s1. The first kappa shape index (κ1) is 27.6. The van der Waals surface area contributed by atoms with Gasteiger partial charge < -0.3 is 26.0 Å². The number of nitrogens with one attached hydrogen (secondary N) is 4. The van der Waals surface area contributed by atoms with Gasteiger partial charge >= 0.3 is 0 Å². The smallest absolute Gasteiger partial charge is 0.255 e. The number of ether oxygens (including phenoxy) is 1. The Morgan fingerprint density at radius 2 is 1.92 bits per heavy atom. The van der Waals surface area contributed by atoms with Crippen molar-refractivity contribution in [2.45, 2.75) is 51.6 Å². The van der Waals surface area contributed by atoms with Crippen LogP contribution in [-0.2, 0) is 20.8 Å². The minimum Gasteiger partial charge on any atom is -0.491 e. The Bertz CT molecular complexity index is 1080. The van der Waals surface area contributed by atoms with Gasteiger partial charge in [0.2, 0.25) is 17.7 Å². The van der Waals surface area contributed by atoms with Crippen LogP contribution < -0.4 is 26.0 Å². The second-order valence-corrected chi connectivity index (χ2v) is 9.13. The molecular formula is C26H34N6O5. The van der Waals surface area contributed by atoms with Crippen molar-refractivity contribution in [2.75, 3.05) is 19.7 Å². The number of rotatable bonds is 5. The Morgan fingerprint density at radius 3 is 2.68 bits per heavy atom. The summed E-state index contributed by atoms with van der Waals surface area (Å²) in [5.74, 6) is -1.01. The van der Waals surface area contributed by atoms with Gasteiger partial charge in [-0.15, -0.1) is 0 Å². The Morgan fingerprint density at radius 1 is 1.11 bits per heavy atom. The van der Waals surface area contributed by atoms with Crippen molar-refractivity contribution < 1.29 is 23.9 Å². The molecule has 37 heavy (non-hydrogen) atoms. The Balaban J connectivity index is 1.76. The molecule has 2 atom stereocenters. The van der Waals surface area contributed by atoms with E-state index in [2.05, 4.69) is 31.2 Å². The van der Waals surface area contributed by atoms with E-state index in [1.165, 1.54) is 0 Å².